The first kappa shape index (κ1) is 13.9. The number of benzene rings is 2. The lowest BCUT2D eigenvalue weighted by atomic mass is 10.2. The van der Waals surface area contributed by atoms with E-state index in [4.69, 9.17) is 0 Å². The molecule has 2 aromatic rings. The van der Waals surface area contributed by atoms with Crippen molar-refractivity contribution in [3.05, 3.63) is 64.4 Å². The van der Waals surface area contributed by atoms with E-state index in [9.17, 15) is 12.8 Å². The van der Waals surface area contributed by atoms with Crippen molar-refractivity contribution in [2.24, 2.45) is 4.40 Å². The highest BCUT2D eigenvalue weighted by molar-refractivity contribution is 9.10. The van der Waals surface area contributed by atoms with Crippen LogP contribution in [0.15, 0.2) is 62.3 Å². The zero-order chi connectivity index (χ0) is 13.9. The molecule has 0 saturated heterocycles. The predicted molar refractivity (Wildman–Crippen MR) is 75.3 cm³/mol. The monoisotopic (exact) mass is 341 g/mol. The van der Waals surface area contributed by atoms with Gasteiger partial charge in [0.25, 0.3) is 10.0 Å². The van der Waals surface area contributed by atoms with E-state index in [1.165, 1.54) is 36.5 Å². The van der Waals surface area contributed by atoms with Gasteiger partial charge in [-0.15, -0.1) is 0 Å². The van der Waals surface area contributed by atoms with Gasteiger partial charge in [0.2, 0.25) is 0 Å². The second-order valence-corrected chi connectivity index (χ2v) is 6.15. The van der Waals surface area contributed by atoms with Gasteiger partial charge in [0.1, 0.15) is 10.7 Å². The summed E-state index contributed by atoms with van der Waals surface area (Å²) in [5.41, 5.74) is 0.511. The van der Waals surface area contributed by atoms with Crippen LogP contribution in [0.1, 0.15) is 5.56 Å². The normalized spacial score (nSPS) is 11.9. The van der Waals surface area contributed by atoms with Crippen molar-refractivity contribution in [1.29, 1.82) is 0 Å². The van der Waals surface area contributed by atoms with E-state index in [0.29, 0.717) is 10.0 Å². The maximum absolute atomic E-state index is 12.7. The van der Waals surface area contributed by atoms with Crippen LogP contribution in [0.4, 0.5) is 4.39 Å². The Balaban J connectivity index is 2.32. The lowest BCUT2D eigenvalue weighted by Crippen LogP contribution is -1.98. The largest absolute Gasteiger partial charge is 0.283 e. The third kappa shape index (κ3) is 3.48. The molecule has 3 nitrogen and oxygen atoms in total. The van der Waals surface area contributed by atoms with Gasteiger partial charge in [-0.1, -0.05) is 24.3 Å². The van der Waals surface area contributed by atoms with Crippen molar-refractivity contribution in [3.63, 3.8) is 0 Å². The smallest absolute Gasteiger partial charge is 0.207 e. The van der Waals surface area contributed by atoms with Crippen LogP contribution in [-0.2, 0) is 10.0 Å². The molecule has 19 heavy (non-hydrogen) atoms. The molecule has 2 rings (SSSR count). The zero-order valence-corrected chi connectivity index (χ0v) is 12.0. The van der Waals surface area contributed by atoms with E-state index in [2.05, 4.69) is 20.3 Å². The molecule has 0 N–H and O–H groups in total. The van der Waals surface area contributed by atoms with Crippen molar-refractivity contribution in [1.82, 2.24) is 0 Å². The fourth-order valence-corrected chi connectivity index (χ4v) is 3.23. The molecule has 0 fully saturated rings. The highest BCUT2D eigenvalue weighted by atomic mass is 79.9. The molecule has 0 amide bonds. The first-order valence-electron chi connectivity index (χ1n) is 5.29. The van der Waals surface area contributed by atoms with Crippen molar-refractivity contribution in [2.75, 3.05) is 0 Å². The third-order valence-electron chi connectivity index (χ3n) is 2.33. The third-order valence-corrected chi connectivity index (χ3v) is 4.57. The van der Waals surface area contributed by atoms with E-state index in [1.807, 2.05) is 0 Å². The fraction of sp³-hybridized carbons (Fsp3) is 0. The molecule has 0 heterocycles. The summed E-state index contributed by atoms with van der Waals surface area (Å²) in [4.78, 5) is 0.0911. The minimum atomic E-state index is -3.77. The Bertz CT molecular complexity index is 712. The summed E-state index contributed by atoms with van der Waals surface area (Å²) in [5.74, 6) is -0.384. The summed E-state index contributed by atoms with van der Waals surface area (Å²) in [6.07, 6.45) is 1.19. The average Bonchev–Trinajstić information content (AvgIpc) is 2.38. The van der Waals surface area contributed by atoms with E-state index < -0.39 is 10.0 Å². The van der Waals surface area contributed by atoms with Gasteiger partial charge in [0.15, 0.2) is 0 Å². The van der Waals surface area contributed by atoms with Gasteiger partial charge in [-0.25, -0.2) is 4.39 Å². The molecule has 0 bridgehead atoms. The first-order valence-corrected chi connectivity index (χ1v) is 7.53. The maximum Gasteiger partial charge on any atom is 0.283 e. The van der Waals surface area contributed by atoms with Gasteiger partial charge in [-0.05, 0) is 45.8 Å². The second-order valence-electron chi connectivity index (χ2n) is 3.69. The Morgan fingerprint density at radius 1 is 1.05 bits per heavy atom. The van der Waals surface area contributed by atoms with Gasteiger partial charge < -0.3 is 0 Å². The summed E-state index contributed by atoms with van der Waals surface area (Å²) in [6.45, 7) is 0. The summed E-state index contributed by atoms with van der Waals surface area (Å²) in [7, 11) is -3.77. The molecule has 98 valence electrons. The van der Waals surface area contributed by atoms with Crippen LogP contribution in [0.2, 0.25) is 0 Å². The van der Waals surface area contributed by atoms with E-state index in [-0.39, 0.29) is 10.7 Å². The molecule has 0 radical (unpaired) electrons. The van der Waals surface area contributed by atoms with Crippen LogP contribution in [0, 0.1) is 5.82 Å². The van der Waals surface area contributed by atoms with E-state index in [1.54, 1.807) is 18.2 Å². The molecule has 0 unspecified atom stereocenters. The molecule has 6 heteroatoms. The highest BCUT2D eigenvalue weighted by Crippen LogP contribution is 2.22. The van der Waals surface area contributed by atoms with Crippen LogP contribution in [0.3, 0.4) is 0 Å². The van der Waals surface area contributed by atoms with Gasteiger partial charge in [-0.2, -0.15) is 12.8 Å². The maximum atomic E-state index is 12.7. The van der Waals surface area contributed by atoms with Crippen LogP contribution in [-0.4, -0.2) is 14.6 Å². The standard InChI is InChI=1S/C13H9BrFNO2S/c14-12-3-1-2-4-13(12)19(17,18)16-9-10-5-7-11(15)8-6-10/h1-9H/b16-9+. The summed E-state index contributed by atoms with van der Waals surface area (Å²) < 4.78 is 40.7. The molecule has 0 aliphatic carbocycles. The Morgan fingerprint density at radius 2 is 1.68 bits per heavy atom. The predicted octanol–water partition coefficient (Wildman–Crippen LogP) is 3.40. The van der Waals surface area contributed by atoms with Crippen molar-refractivity contribution < 1.29 is 12.8 Å². The van der Waals surface area contributed by atoms with E-state index >= 15 is 0 Å². The number of rotatable bonds is 3. The molecule has 0 saturated carbocycles. The van der Waals surface area contributed by atoms with Crippen LogP contribution >= 0.6 is 15.9 Å². The zero-order valence-electron chi connectivity index (χ0n) is 9.62. The average molecular weight is 342 g/mol. The lowest BCUT2D eigenvalue weighted by molar-refractivity contribution is 0.597. The molecular weight excluding hydrogens is 333 g/mol. The van der Waals surface area contributed by atoms with Crippen LogP contribution in [0.25, 0.3) is 0 Å². The fourth-order valence-electron chi connectivity index (χ4n) is 1.39. The molecule has 2 aromatic carbocycles. The molecular formula is C13H9BrFNO2S. The molecule has 0 spiro atoms. The summed E-state index contributed by atoms with van der Waals surface area (Å²) in [5, 5.41) is 0. The summed E-state index contributed by atoms with van der Waals surface area (Å²) in [6, 6.07) is 11.8. The van der Waals surface area contributed by atoms with Gasteiger partial charge in [0, 0.05) is 10.7 Å². The van der Waals surface area contributed by atoms with Crippen molar-refractivity contribution >= 4 is 32.2 Å². The number of nitrogens with zero attached hydrogens (tertiary/aromatic N) is 1. The van der Waals surface area contributed by atoms with Gasteiger partial charge >= 0.3 is 0 Å². The highest BCUT2D eigenvalue weighted by Gasteiger charge is 2.14. The van der Waals surface area contributed by atoms with Crippen LogP contribution < -0.4 is 0 Å². The molecule has 0 aliphatic heterocycles. The minimum Gasteiger partial charge on any atom is -0.207 e. The molecule has 0 atom stereocenters. The van der Waals surface area contributed by atoms with Gasteiger partial charge in [0.05, 0.1) is 0 Å². The minimum absolute atomic E-state index is 0.0911. The quantitative estimate of drug-likeness (QED) is 0.803. The lowest BCUT2D eigenvalue weighted by Gasteiger charge is -2.01. The van der Waals surface area contributed by atoms with Crippen molar-refractivity contribution in [2.45, 2.75) is 4.90 Å². The number of hydrogen-bond donors (Lipinski definition) is 0. The van der Waals surface area contributed by atoms with Crippen LogP contribution in [0.5, 0.6) is 0 Å². The number of sulfonamides is 1. The molecule has 0 aliphatic rings. The van der Waals surface area contributed by atoms with Crippen molar-refractivity contribution in [3.8, 4) is 0 Å². The molecule has 0 aromatic heterocycles. The Morgan fingerprint density at radius 3 is 2.32 bits per heavy atom. The van der Waals surface area contributed by atoms with Gasteiger partial charge in [-0.3, -0.25) is 0 Å². The number of halogens is 2. The van der Waals surface area contributed by atoms with E-state index in [0.717, 1.165) is 0 Å². The Kier molecular flexibility index (Phi) is 4.11. The second kappa shape index (κ2) is 5.63. The number of hydrogen-bond acceptors (Lipinski definition) is 2. The first-order chi connectivity index (χ1) is 8.99. The topological polar surface area (TPSA) is 46.5 Å². The Labute approximate surface area is 119 Å². The SMILES string of the molecule is O=S(=O)(/N=C/c1ccc(F)cc1)c1ccccc1Br. The Hall–Kier alpha value is -1.53. The summed E-state index contributed by atoms with van der Waals surface area (Å²) >= 11 is 3.17.